The number of nitrogens with two attached hydrogens (primary N) is 1. The van der Waals surface area contributed by atoms with Gasteiger partial charge in [-0.15, -0.1) is 24.8 Å². The van der Waals surface area contributed by atoms with Crippen LogP contribution in [0.4, 0.5) is 5.82 Å². The van der Waals surface area contributed by atoms with Crippen LogP contribution >= 0.6 is 40.7 Å². The normalized spacial score (nSPS) is 30.6. The number of aromatic nitrogens is 1. The highest BCUT2D eigenvalue weighted by atomic mass is 79.9. The molecule has 1 saturated heterocycles. The standard InChI is InChI=1S/C17H23BrN4O.2ClH/c18-13-3-4-14(20-10-13)21-5-7-22(8-6-21)17(23)15-11-1-2-12(9-11)16(15)19;;/h3-4,10-12,15-16H,1-2,5-9,19H2;2*1H. The monoisotopic (exact) mass is 450 g/mol. The highest BCUT2D eigenvalue weighted by Crippen LogP contribution is 2.48. The first-order valence-electron chi connectivity index (χ1n) is 8.54. The highest BCUT2D eigenvalue weighted by Gasteiger charge is 2.50. The van der Waals surface area contributed by atoms with Gasteiger partial charge in [0.15, 0.2) is 0 Å². The Hall–Kier alpha value is -0.560. The van der Waals surface area contributed by atoms with E-state index in [2.05, 4.69) is 25.8 Å². The maximum Gasteiger partial charge on any atom is 0.227 e. The molecule has 25 heavy (non-hydrogen) atoms. The van der Waals surface area contributed by atoms with Gasteiger partial charge in [-0.25, -0.2) is 4.98 Å². The summed E-state index contributed by atoms with van der Waals surface area (Å²) < 4.78 is 0.986. The molecule has 0 radical (unpaired) electrons. The lowest BCUT2D eigenvalue weighted by atomic mass is 9.84. The molecule has 2 saturated carbocycles. The van der Waals surface area contributed by atoms with Crippen molar-refractivity contribution in [1.29, 1.82) is 0 Å². The number of piperazine rings is 1. The van der Waals surface area contributed by atoms with Crippen molar-refractivity contribution < 1.29 is 4.79 Å². The van der Waals surface area contributed by atoms with Crippen LogP contribution in [0.5, 0.6) is 0 Å². The molecule has 5 nitrogen and oxygen atoms in total. The largest absolute Gasteiger partial charge is 0.353 e. The van der Waals surface area contributed by atoms with E-state index >= 15 is 0 Å². The zero-order valence-electron chi connectivity index (χ0n) is 14.0. The third kappa shape index (κ3) is 3.92. The van der Waals surface area contributed by atoms with Crippen molar-refractivity contribution in [3.63, 3.8) is 0 Å². The fourth-order valence-corrected chi connectivity index (χ4v) is 4.86. The Morgan fingerprint density at radius 1 is 1.12 bits per heavy atom. The van der Waals surface area contributed by atoms with Gasteiger partial charge in [0.2, 0.25) is 5.91 Å². The van der Waals surface area contributed by atoms with Gasteiger partial charge in [-0.1, -0.05) is 0 Å². The zero-order chi connectivity index (χ0) is 16.0. The van der Waals surface area contributed by atoms with E-state index in [1.807, 2.05) is 23.2 Å². The first-order chi connectivity index (χ1) is 11.1. The smallest absolute Gasteiger partial charge is 0.227 e. The van der Waals surface area contributed by atoms with Gasteiger partial charge >= 0.3 is 0 Å². The molecule has 1 amide bonds. The minimum atomic E-state index is 0. The molecule has 140 valence electrons. The number of nitrogens with zero attached hydrogens (tertiary/aromatic N) is 3. The van der Waals surface area contributed by atoms with Crippen molar-refractivity contribution in [3.8, 4) is 0 Å². The van der Waals surface area contributed by atoms with E-state index in [4.69, 9.17) is 5.73 Å². The Balaban J connectivity index is 0.00000113. The molecule has 2 aliphatic carbocycles. The molecular weight excluding hydrogens is 427 g/mol. The number of carbonyl (C=O) groups is 1. The molecule has 2 N–H and O–H groups in total. The van der Waals surface area contributed by atoms with Gasteiger partial charge in [0.05, 0.1) is 5.92 Å². The molecule has 0 spiro atoms. The van der Waals surface area contributed by atoms with E-state index in [1.165, 1.54) is 19.3 Å². The summed E-state index contributed by atoms with van der Waals surface area (Å²) in [4.78, 5) is 21.6. The first kappa shape index (κ1) is 20.7. The molecule has 0 aromatic carbocycles. The number of pyridine rings is 1. The molecule has 3 fully saturated rings. The summed E-state index contributed by atoms with van der Waals surface area (Å²) in [6.45, 7) is 3.24. The summed E-state index contributed by atoms with van der Waals surface area (Å²) in [6, 6.07) is 4.12. The van der Waals surface area contributed by atoms with E-state index in [-0.39, 0.29) is 36.8 Å². The lowest BCUT2D eigenvalue weighted by Crippen LogP contribution is -2.54. The third-order valence-corrected chi connectivity index (χ3v) is 6.36. The molecule has 8 heteroatoms. The SMILES string of the molecule is Cl.Cl.NC1C2CCC(C2)C1C(=O)N1CCN(c2ccc(Br)cn2)CC1. The number of carbonyl (C=O) groups excluding carboxylic acids is 1. The van der Waals surface area contributed by atoms with Crippen molar-refractivity contribution in [1.82, 2.24) is 9.88 Å². The number of hydrogen-bond donors (Lipinski definition) is 1. The summed E-state index contributed by atoms with van der Waals surface area (Å²) in [5, 5.41) is 0. The third-order valence-electron chi connectivity index (χ3n) is 5.89. The van der Waals surface area contributed by atoms with Gasteiger partial charge in [0.1, 0.15) is 5.82 Å². The van der Waals surface area contributed by atoms with Crippen LogP contribution < -0.4 is 10.6 Å². The van der Waals surface area contributed by atoms with Gasteiger partial charge < -0.3 is 15.5 Å². The molecule has 1 aromatic rings. The van der Waals surface area contributed by atoms with Crippen LogP contribution in [0.2, 0.25) is 0 Å². The average molecular weight is 452 g/mol. The van der Waals surface area contributed by atoms with E-state index in [1.54, 1.807) is 0 Å². The Bertz CT molecular complexity index is 593. The fourth-order valence-electron chi connectivity index (χ4n) is 4.62. The topological polar surface area (TPSA) is 62.5 Å². The van der Waals surface area contributed by atoms with Gasteiger partial charge in [-0.3, -0.25) is 4.79 Å². The molecule has 1 aromatic heterocycles. The van der Waals surface area contributed by atoms with Crippen molar-refractivity contribution in [3.05, 3.63) is 22.8 Å². The second-order valence-electron chi connectivity index (χ2n) is 7.08. The van der Waals surface area contributed by atoms with Crippen LogP contribution in [0, 0.1) is 17.8 Å². The van der Waals surface area contributed by atoms with E-state index in [0.717, 1.165) is 36.5 Å². The Morgan fingerprint density at radius 3 is 2.36 bits per heavy atom. The predicted octanol–water partition coefficient (Wildman–Crippen LogP) is 2.71. The number of hydrogen-bond acceptors (Lipinski definition) is 4. The Labute approximate surface area is 169 Å². The summed E-state index contributed by atoms with van der Waals surface area (Å²) in [5.41, 5.74) is 6.33. The van der Waals surface area contributed by atoms with Crippen molar-refractivity contribution in [2.75, 3.05) is 31.1 Å². The molecule has 4 rings (SSSR count). The van der Waals surface area contributed by atoms with Crippen LogP contribution in [0.1, 0.15) is 19.3 Å². The van der Waals surface area contributed by atoms with E-state index < -0.39 is 0 Å². The van der Waals surface area contributed by atoms with Crippen molar-refractivity contribution in [2.45, 2.75) is 25.3 Å². The number of anilines is 1. The predicted molar refractivity (Wildman–Crippen MR) is 108 cm³/mol. The molecule has 1 aliphatic heterocycles. The highest BCUT2D eigenvalue weighted by molar-refractivity contribution is 9.10. The Morgan fingerprint density at radius 2 is 1.80 bits per heavy atom. The molecular formula is C17H25BrCl2N4O. The second-order valence-corrected chi connectivity index (χ2v) is 8.00. The molecule has 4 atom stereocenters. The van der Waals surface area contributed by atoms with Gasteiger partial charge in [-0.05, 0) is 59.2 Å². The van der Waals surface area contributed by atoms with Gasteiger partial charge in [-0.2, -0.15) is 0 Å². The Kier molecular flexibility index (Phi) is 6.99. The van der Waals surface area contributed by atoms with Crippen molar-refractivity contribution >= 4 is 52.5 Å². The lowest BCUT2D eigenvalue weighted by Gasteiger charge is -2.38. The number of rotatable bonds is 2. The molecule has 2 bridgehead atoms. The quantitative estimate of drug-likeness (QED) is 0.750. The maximum absolute atomic E-state index is 12.9. The van der Waals surface area contributed by atoms with Crippen LogP contribution in [-0.2, 0) is 4.79 Å². The number of amides is 1. The summed E-state index contributed by atoms with van der Waals surface area (Å²) >= 11 is 3.41. The van der Waals surface area contributed by atoms with Crippen LogP contribution in [-0.4, -0.2) is 48.0 Å². The second kappa shape index (κ2) is 8.42. The maximum atomic E-state index is 12.9. The summed E-state index contributed by atoms with van der Waals surface area (Å²) in [7, 11) is 0. The number of halogens is 3. The minimum Gasteiger partial charge on any atom is -0.353 e. The average Bonchev–Trinajstić information content (AvgIpc) is 3.16. The fraction of sp³-hybridized carbons (Fsp3) is 0.647. The first-order valence-corrected chi connectivity index (χ1v) is 9.33. The summed E-state index contributed by atoms with van der Waals surface area (Å²) in [6.07, 6.45) is 5.40. The van der Waals surface area contributed by atoms with Gasteiger partial charge in [0, 0.05) is 42.9 Å². The summed E-state index contributed by atoms with van der Waals surface area (Å²) in [5.74, 6) is 2.48. The molecule has 2 heterocycles. The van der Waals surface area contributed by atoms with Crippen LogP contribution in [0.15, 0.2) is 22.8 Å². The zero-order valence-corrected chi connectivity index (χ0v) is 17.2. The van der Waals surface area contributed by atoms with E-state index in [0.29, 0.717) is 17.7 Å². The molecule has 3 aliphatic rings. The van der Waals surface area contributed by atoms with Crippen molar-refractivity contribution in [2.24, 2.45) is 23.5 Å². The van der Waals surface area contributed by atoms with Gasteiger partial charge in [0.25, 0.3) is 0 Å². The van der Waals surface area contributed by atoms with Crippen LogP contribution in [0.25, 0.3) is 0 Å². The van der Waals surface area contributed by atoms with E-state index in [9.17, 15) is 4.79 Å². The van der Waals surface area contributed by atoms with Crippen LogP contribution in [0.3, 0.4) is 0 Å². The molecule has 4 unspecified atom stereocenters. The minimum absolute atomic E-state index is 0. The number of fused-ring (bicyclic) bond motifs is 2. The lowest BCUT2D eigenvalue weighted by molar-refractivity contribution is -0.138.